The maximum atomic E-state index is 11.9. The van der Waals surface area contributed by atoms with Gasteiger partial charge in [-0.1, -0.05) is 6.07 Å². The highest BCUT2D eigenvalue weighted by Gasteiger charge is 2.11. The molecule has 0 saturated carbocycles. The molecule has 0 aliphatic rings. The number of nitrogens with one attached hydrogen (secondary N) is 1. The molecule has 8 heteroatoms. The van der Waals surface area contributed by atoms with Crippen LogP contribution in [0.4, 0.5) is 11.4 Å². The van der Waals surface area contributed by atoms with Crippen LogP contribution in [-0.2, 0) is 0 Å². The molecule has 0 aliphatic carbocycles. The van der Waals surface area contributed by atoms with Gasteiger partial charge in [0.05, 0.1) is 12.0 Å². The number of nitro groups is 1. The minimum absolute atomic E-state index is 0.0808. The van der Waals surface area contributed by atoms with Gasteiger partial charge in [0.2, 0.25) is 5.88 Å². The van der Waals surface area contributed by atoms with Crippen LogP contribution in [0.25, 0.3) is 0 Å². The first-order chi connectivity index (χ1) is 9.60. The summed E-state index contributed by atoms with van der Waals surface area (Å²) in [6, 6.07) is 8.56. The first-order valence-corrected chi connectivity index (χ1v) is 5.53. The molecule has 2 aromatic rings. The predicted octanol–water partition coefficient (Wildman–Crippen LogP) is 1.65. The number of rotatable bonds is 4. The fourth-order valence-electron chi connectivity index (χ4n) is 1.44. The zero-order valence-corrected chi connectivity index (χ0v) is 10.4. The lowest BCUT2D eigenvalue weighted by molar-refractivity contribution is -0.384. The summed E-state index contributed by atoms with van der Waals surface area (Å²) in [7, 11) is 1.44. The van der Waals surface area contributed by atoms with Gasteiger partial charge in [-0.3, -0.25) is 14.9 Å². The van der Waals surface area contributed by atoms with Crippen LogP contribution in [0, 0.1) is 10.1 Å². The number of hydrogen-bond acceptors (Lipinski definition) is 6. The summed E-state index contributed by atoms with van der Waals surface area (Å²) in [5.41, 5.74) is 0.280. The fraction of sp³-hybridized carbons (Fsp3) is 0.0833. The Hall–Kier alpha value is -3.03. The molecule has 8 nitrogen and oxygen atoms in total. The number of anilines is 1. The minimum atomic E-state index is -0.539. The molecule has 0 radical (unpaired) electrons. The van der Waals surface area contributed by atoms with Crippen LogP contribution in [0.5, 0.6) is 5.88 Å². The second kappa shape index (κ2) is 5.74. The van der Waals surface area contributed by atoms with E-state index in [1.807, 2.05) is 0 Å². The minimum Gasteiger partial charge on any atom is -0.480 e. The number of aromatic nitrogens is 2. The molecule has 1 amide bonds. The van der Waals surface area contributed by atoms with Crippen molar-refractivity contribution in [2.45, 2.75) is 0 Å². The Kier molecular flexibility index (Phi) is 3.85. The van der Waals surface area contributed by atoms with Gasteiger partial charge in [-0.25, -0.2) is 0 Å². The van der Waals surface area contributed by atoms with Crippen molar-refractivity contribution in [3.63, 3.8) is 0 Å². The van der Waals surface area contributed by atoms with Crippen molar-refractivity contribution < 1.29 is 14.5 Å². The van der Waals surface area contributed by atoms with Crippen LogP contribution in [0.2, 0.25) is 0 Å². The summed E-state index contributed by atoms with van der Waals surface area (Å²) in [5, 5.41) is 20.5. The number of nitrogens with zero attached hydrogens (tertiary/aromatic N) is 3. The molecule has 0 fully saturated rings. The second-order valence-electron chi connectivity index (χ2n) is 3.72. The van der Waals surface area contributed by atoms with Crippen molar-refractivity contribution >= 4 is 17.3 Å². The normalized spacial score (nSPS) is 9.85. The zero-order chi connectivity index (χ0) is 14.5. The van der Waals surface area contributed by atoms with Crippen molar-refractivity contribution in [1.29, 1.82) is 0 Å². The highest BCUT2D eigenvalue weighted by Crippen LogP contribution is 2.17. The Balaban J connectivity index is 2.14. The van der Waals surface area contributed by atoms with E-state index < -0.39 is 10.8 Å². The number of hydrogen-bond donors (Lipinski definition) is 1. The number of carbonyl (C=O) groups is 1. The molecular formula is C12H10N4O4. The van der Waals surface area contributed by atoms with Gasteiger partial charge in [0, 0.05) is 23.9 Å². The van der Waals surface area contributed by atoms with Gasteiger partial charge >= 0.3 is 0 Å². The number of carbonyl (C=O) groups excluding carboxylic acids is 1. The van der Waals surface area contributed by atoms with Gasteiger partial charge in [0.1, 0.15) is 0 Å². The maximum Gasteiger partial charge on any atom is 0.276 e. The van der Waals surface area contributed by atoms with Gasteiger partial charge < -0.3 is 10.1 Å². The van der Waals surface area contributed by atoms with Crippen LogP contribution >= 0.6 is 0 Å². The Labute approximate surface area is 113 Å². The molecule has 0 atom stereocenters. The number of benzene rings is 1. The third-order valence-electron chi connectivity index (χ3n) is 2.40. The molecule has 0 bridgehead atoms. The molecule has 1 N–H and O–H groups in total. The second-order valence-corrected chi connectivity index (χ2v) is 3.72. The molecule has 0 saturated heterocycles. The number of ether oxygens (including phenoxy) is 1. The standard InChI is InChI=1S/C12H10N4O4/c1-20-11-6-5-10(14-15-11)12(17)13-8-3-2-4-9(7-8)16(18)19/h2-7H,1H3,(H,13,17). The van der Waals surface area contributed by atoms with Gasteiger partial charge in [-0.2, -0.15) is 0 Å². The van der Waals surface area contributed by atoms with E-state index in [1.54, 1.807) is 6.07 Å². The fourth-order valence-corrected chi connectivity index (χ4v) is 1.44. The quantitative estimate of drug-likeness (QED) is 0.670. The van der Waals surface area contributed by atoms with E-state index in [4.69, 9.17) is 4.74 Å². The van der Waals surface area contributed by atoms with E-state index >= 15 is 0 Å². The summed E-state index contributed by atoms with van der Waals surface area (Å²) in [5.74, 6) is -0.224. The van der Waals surface area contributed by atoms with E-state index in [0.717, 1.165) is 0 Å². The first-order valence-electron chi connectivity index (χ1n) is 5.53. The van der Waals surface area contributed by atoms with E-state index in [9.17, 15) is 14.9 Å². The summed E-state index contributed by atoms with van der Waals surface area (Å²) in [6.45, 7) is 0. The molecule has 20 heavy (non-hydrogen) atoms. The predicted molar refractivity (Wildman–Crippen MR) is 69.6 cm³/mol. The van der Waals surface area contributed by atoms with Gasteiger partial charge in [0.15, 0.2) is 5.69 Å². The Morgan fingerprint density at radius 3 is 2.70 bits per heavy atom. The molecule has 1 aromatic heterocycles. The first kappa shape index (κ1) is 13.4. The molecular weight excluding hydrogens is 264 g/mol. The van der Waals surface area contributed by atoms with Crippen LogP contribution in [0.1, 0.15) is 10.5 Å². The third kappa shape index (κ3) is 3.05. The highest BCUT2D eigenvalue weighted by atomic mass is 16.6. The zero-order valence-electron chi connectivity index (χ0n) is 10.4. The summed E-state index contributed by atoms with van der Waals surface area (Å²) in [6.07, 6.45) is 0. The number of amides is 1. The number of methoxy groups -OCH3 is 1. The Bertz CT molecular complexity index is 642. The van der Waals surface area contributed by atoms with Crippen LogP contribution in [0.3, 0.4) is 0 Å². The smallest absolute Gasteiger partial charge is 0.276 e. The van der Waals surface area contributed by atoms with Crippen molar-refractivity contribution in [1.82, 2.24) is 10.2 Å². The summed E-state index contributed by atoms with van der Waals surface area (Å²) in [4.78, 5) is 22.0. The Morgan fingerprint density at radius 1 is 1.30 bits per heavy atom. The van der Waals surface area contributed by atoms with Crippen molar-refractivity contribution in [2.24, 2.45) is 0 Å². The van der Waals surface area contributed by atoms with Crippen LogP contribution in [-0.4, -0.2) is 28.1 Å². The molecule has 2 rings (SSSR count). The Morgan fingerprint density at radius 2 is 2.10 bits per heavy atom. The van der Waals surface area contributed by atoms with Crippen molar-refractivity contribution in [3.8, 4) is 5.88 Å². The third-order valence-corrected chi connectivity index (χ3v) is 2.40. The topological polar surface area (TPSA) is 107 Å². The lowest BCUT2D eigenvalue weighted by Gasteiger charge is -2.04. The van der Waals surface area contributed by atoms with Gasteiger partial charge in [0.25, 0.3) is 11.6 Å². The molecule has 102 valence electrons. The van der Waals surface area contributed by atoms with Crippen molar-refractivity contribution in [2.75, 3.05) is 12.4 Å². The molecule has 0 spiro atoms. The SMILES string of the molecule is COc1ccc(C(=O)Nc2cccc([N+](=O)[O-])c2)nn1. The monoisotopic (exact) mass is 274 g/mol. The number of non-ortho nitro benzene ring substituents is 1. The maximum absolute atomic E-state index is 11.9. The molecule has 0 aliphatic heterocycles. The average molecular weight is 274 g/mol. The molecule has 1 heterocycles. The van der Waals surface area contributed by atoms with Crippen molar-refractivity contribution in [3.05, 3.63) is 52.2 Å². The van der Waals surface area contributed by atoms with Gasteiger partial charge in [-0.05, 0) is 12.1 Å². The van der Waals surface area contributed by atoms with Gasteiger partial charge in [-0.15, -0.1) is 10.2 Å². The molecule has 0 unspecified atom stereocenters. The average Bonchev–Trinajstić information content (AvgIpc) is 2.47. The lowest BCUT2D eigenvalue weighted by Crippen LogP contribution is -2.14. The largest absolute Gasteiger partial charge is 0.480 e. The van der Waals surface area contributed by atoms with E-state index in [0.29, 0.717) is 5.69 Å². The molecule has 1 aromatic carbocycles. The van der Waals surface area contributed by atoms with E-state index in [2.05, 4.69) is 15.5 Å². The number of nitro benzene ring substituents is 1. The highest BCUT2D eigenvalue weighted by molar-refractivity contribution is 6.02. The summed E-state index contributed by atoms with van der Waals surface area (Å²) >= 11 is 0. The van der Waals surface area contributed by atoms with E-state index in [1.165, 1.54) is 37.4 Å². The lowest BCUT2D eigenvalue weighted by atomic mass is 10.2. The van der Waals surface area contributed by atoms with E-state index in [-0.39, 0.29) is 17.3 Å². The van der Waals surface area contributed by atoms with Crippen LogP contribution < -0.4 is 10.1 Å². The summed E-state index contributed by atoms with van der Waals surface area (Å²) < 4.78 is 4.83. The van der Waals surface area contributed by atoms with Crippen LogP contribution in [0.15, 0.2) is 36.4 Å².